The zero-order valence-electron chi connectivity index (χ0n) is 14.9. The van der Waals surface area contributed by atoms with E-state index in [9.17, 15) is 0 Å². The molecule has 1 unspecified atom stereocenters. The van der Waals surface area contributed by atoms with Gasteiger partial charge in [-0.3, -0.25) is 9.58 Å². The lowest BCUT2D eigenvalue weighted by Gasteiger charge is -2.37. The SMILES string of the molecule is CCNC(=NCc1cnn(C)c1)N1CCN(CC2CCOC2)CC1. The van der Waals surface area contributed by atoms with Gasteiger partial charge in [0.15, 0.2) is 5.96 Å². The van der Waals surface area contributed by atoms with Gasteiger partial charge in [0.2, 0.25) is 0 Å². The van der Waals surface area contributed by atoms with Crippen LogP contribution >= 0.6 is 0 Å². The lowest BCUT2D eigenvalue weighted by molar-refractivity contribution is 0.139. The zero-order valence-corrected chi connectivity index (χ0v) is 14.9. The molecule has 24 heavy (non-hydrogen) atoms. The summed E-state index contributed by atoms with van der Waals surface area (Å²) in [5.41, 5.74) is 1.15. The number of aromatic nitrogens is 2. The van der Waals surface area contributed by atoms with E-state index in [1.54, 1.807) is 0 Å². The molecule has 2 saturated heterocycles. The second-order valence-electron chi connectivity index (χ2n) is 6.71. The standard InChI is InChI=1S/C17H30N6O/c1-3-18-17(19-10-16-11-20-21(2)12-16)23-7-5-22(6-8-23)13-15-4-9-24-14-15/h11-12,15H,3-10,13-14H2,1-2H3,(H,18,19). The fourth-order valence-electron chi connectivity index (χ4n) is 3.38. The van der Waals surface area contributed by atoms with E-state index in [4.69, 9.17) is 9.73 Å². The number of nitrogens with one attached hydrogen (secondary N) is 1. The quantitative estimate of drug-likeness (QED) is 0.629. The molecular weight excluding hydrogens is 304 g/mol. The number of rotatable bonds is 5. The first-order chi connectivity index (χ1) is 11.7. The summed E-state index contributed by atoms with van der Waals surface area (Å²) < 4.78 is 7.32. The van der Waals surface area contributed by atoms with E-state index >= 15 is 0 Å². The molecule has 0 saturated carbocycles. The third-order valence-corrected chi connectivity index (χ3v) is 4.72. The summed E-state index contributed by atoms with van der Waals surface area (Å²) in [7, 11) is 1.94. The van der Waals surface area contributed by atoms with Crippen LogP contribution in [0.4, 0.5) is 0 Å². The van der Waals surface area contributed by atoms with Crippen molar-refractivity contribution in [1.29, 1.82) is 0 Å². The highest BCUT2D eigenvalue weighted by Gasteiger charge is 2.23. The molecule has 134 valence electrons. The van der Waals surface area contributed by atoms with Gasteiger partial charge >= 0.3 is 0 Å². The molecule has 3 heterocycles. The van der Waals surface area contributed by atoms with Gasteiger partial charge in [0, 0.05) is 64.7 Å². The molecule has 7 nitrogen and oxygen atoms in total. The van der Waals surface area contributed by atoms with Crippen LogP contribution in [-0.2, 0) is 18.3 Å². The third-order valence-electron chi connectivity index (χ3n) is 4.72. The minimum atomic E-state index is 0.676. The average Bonchev–Trinajstić information content (AvgIpc) is 3.24. The van der Waals surface area contributed by atoms with E-state index in [1.807, 2.05) is 24.1 Å². The average molecular weight is 334 g/mol. The van der Waals surface area contributed by atoms with Crippen LogP contribution in [0, 0.1) is 5.92 Å². The Labute approximate surface area is 144 Å². The van der Waals surface area contributed by atoms with E-state index in [-0.39, 0.29) is 0 Å². The Bertz CT molecular complexity index is 529. The van der Waals surface area contributed by atoms with Crippen LogP contribution in [0.5, 0.6) is 0 Å². The van der Waals surface area contributed by atoms with Crippen molar-refractivity contribution in [1.82, 2.24) is 24.9 Å². The van der Waals surface area contributed by atoms with Crippen molar-refractivity contribution in [3.63, 3.8) is 0 Å². The Morgan fingerprint density at radius 2 is 2.21 bits per heavy atom. The highest BCUT2D eigenvalue weighted by molar-refractivity contribution is 5.80. The lowest BCUT2D eigenvalue weighted by atomic mass is 10.1. The molecule has 0 bridgehead atoms. The van der Waals surface area contributed by atoms with Crippen LogP contribution in [0.2, 0.25) is 0 Å². The van der Waals surface area contributed by atoms with Crippen LogP contribution in [0.3, 0.4) is 0 Å². The number of hydrogen-bond acceptors (Lipinski definition) is 4. The van der Waals surface area contributed by atoms with Gasteiger partial charge < -0.3 is 15.0 Å². The van der Waals surface area contributed by atoms with E-state index < -0.39 is 0 Å². The molecule has 0 aromatic carbocycles. The molecule has 2 fully saturated rings. The smallest absolute Gasteiger partial charge is 0.194 e. The molecule has 1 aromatic rings. The van der Waals surface area contributed by atoms with E-state index in [0.29, 0.717) is 6.54 Å². The first-order valence-electron chi connectivity index (χ1n) is 9.05. The number of aryl methyl sites for hydroxylation is 1. The summed E-state index contributed by atoms with van der Waals surface area (Å²) in [5.74, 6) is 1.74. The fourth-order valence-corrected chi connectivity index (χ4v) is 3.38. The van der Waals surface area contributed by atoms with Crippen molar-refractivity contribution >= 4 is 5.96 Å². The summed E-state index contributed by atoms with van der Waals surface area (Å²) in [6, 6.07) is 0. The normalized spacial score (nSPS) is 23.0. The number of aliphatic imine (C=N–C) groups is 1. The predicted molar refractivity (Wildman–Crippen MR) is 95.0 cm³/mol. The van der Waals surface area contributed by atoms with Gasteiger partial charge in [-0.1, -0.05) is 0 Å². The molecule has 3 rings (SSSR count). The van der Waals surface area contributed by atoms with E-state index in [2.05, 4.69) is 27.1 Å². The molecule has 2 aliphatic rings. The highest BCUT2D eigenvalue weighted by atomic mass is 16.5. The summed E-state index contributed by atoms with van der Waals surface area (Å²) in [6.45, 7) is 11.0. The molecule has 1 N–H and O–H groups in total. The Balaban J connectivity index is 1.51. The lowest BCUT2D eigenvalue weighted by Crippen LogP contribution is -2.53. The summed E-state index contributed by atoms with van der Waals surface area (Å²) in [6.07, 6.45) is 5.12. The zero-order chi connectivity index (χ0) is 16.8. The Hall–Kier alpha value is -1.60. The number of guanidine groups is 1. The van der Waals surface area contributed by atoms with Crippen LogP contribution in [-0.4, -0.2) is 78.0 Å². The molecule has 0 aliphatic carbocycles. The second-order valence-corrected chi connectivity index (χ2v) is 6.71. The molecule has 1 atom stereocenters. The maximum atomic E-state index is 5.49. The van der Waals surface area contributed by atoms with Crippen molar-refractivity contribution in [2.24, 2.45) is 18.0 Å². The number of ether oxygens (including phenoxy) is 1. The highest BCUT2D eigenvalue weighted by Crippen LogP contribution is 2.15. The minimum Gasteiger partial charge on any atom is -0.381 e. The van der Waals surface area contributed by atoms with Gasteiger partial charge in [-0.15, -0.1) is 0 Å². The molecule has 7 heteroatoms. The second kappa shape index (κ2) is 8.48. The summed E-state index contributed by atoms with van der Waals surface area (Å²) in [5, 5.41) is 7.64. The number of piperazine rings is 1. The number of nitrogens with zero attached hydrogens (tertiary/aromatic N) is 5. The van der Waals surface area contributed by atoms with Crippen LogP contribution < -0.4 is 5.32 Å². The van der Waals surface area contributed by atoms with Crippen LogP contribution in [0.25, 0.3) is 0 Å². The van der Waals surface area contributed by atoms with Gasteiger partial charge in [-0.2, -0.15) is 5.10 Å². The van der Waals surface area contributed by atoms with Crippen molar-refractivity contribution < 1.29 is 4.74 Å². The van der Waals surface area contributed by atoms with Gasteiger partial charge in [-0.05, 0) is 19.3 Å². The number of hydrogen-bond donors (Lipinski definition) is 1. The van der Waals surface area contributed by atoms with Crippen LogP contribution in [0.1, 0.15) is 18.9 Å². The van der Waals surface area contributed by atoms with Gasteiger partial charge in [-0.25, -0.2) is 4.99 Å². The van der Waals surface area contributed by atoms with Gasteiger partial charge in [0.25, 0.3) is 0 Å². The topological polar surface area (TPSA) is 57.9 Å². The molecule has 0 radical (unpaired) electrons. The minimum absolute atomic E-state index is 0.676. The Kier molecular flexibility index (Phi) is 6.09. The van der Waals surface area contributed by atoms with Crippen molar-refractivity contribution in [2.75, 3.05) is 52.5 Å². The Morgan fingerprint density at radius 3 is 2.83 bits per heavy atom. The van der Waals surface area contributed by atoms with Gasteiger partial charge in [0.1, 0.15) is 0 Å². The maximum Gasteiger partial charge on any atom is 0.194 e. The summed E-state index contributed by atoms with van der Waals surface area (Å²) in [4.78, 5) is 9.74. The molecule has 2 aliphatic heterocycles. The maximum absolute atomic E-state index is 5.49. The van der Waals surface area contributed by atoms with Crippen LogP contribution in [0.15, 0.2) is 17.4 Å². The molecular formula is C17H30N6O. The molecule has 0 spiro atoms. The summed E-state index contributed by atoms with van der Waals surface area (Å²) >= 11 is 0. The largest absolute Gasteiger partial charge is 0.381 e. The van der Waals surface area contributed by atoms with Crippen molar-refractivity contribution in [3.8, 4) is 0 Å². The monoisotopic (exact) mass is 334 g/mol. The fraction of sp³-hybridized carbons (Fsp3) is 0.765. The predicted octanol–water partition coefficient (Wildman–Crippen LogP) is 0.540. The first-order valence-corrected chi connectivity index (χ1v) is 9.05. The van der Waals surface area contributed by atoms with Crippen molar-refractivity contribution in [3.05, 3.63) is 18.0 Å². The molecule has 1 aromatic heterocycles. The molecule has 0 amide bonds. The van der Waals surface area contributed by atoms with E-state index in [1.165, 1.54) is 13.0 Å². The van der Waals surface area contributed by atoms with Crippen molar-refractivity contribution in [2.45, 2.75) is 19.9 Å². The third kappa shape index (κ3) is 4.70. The first kappa shape index (κ1) is 17.2. The van der Waals surface area contributed by atoms with Gasteiger partial charge in [0.05, 0.1) is 19.3 Å². The van der Waals surface area contributed by atoms with E-state index in [0.717, 1.165) is 63.4 Å². The Morgan fingerprint density at radius 1 is 1.38 bits per heavy atom.